The number of aromatic hydroxyl groups is 1. The maximum atomic E-state index is 11.3. The van der Waals surface area contributed by atoms with Crippen molar-refractivity contribution in [3.63, 3.8) is 0 Å². The molecule has 0 aromatic heterocycles. The van der Waals surface area contributed by atoms with Gasteiger partial charge in [-0.2, -0.15) is 0 Å². The van der Waals surface area contributed by atoms with Gasteiger partial charge in [0.1, 0.15) is 5.75 Å². The van der Waals surface area contributed by atoms with Gasteiger partial charge in [0.25, 0.3) is 0 Å². The van der Waals surface area contributed by atoms with Crippen molar-refractivity contribution in [1.82, 2.24) is 0 Å². The molecule has 0 amide bonds. The van der Waals surface area contributed by atoms with Crippen molar-refractivity contribution in [2.24, 2.45) is 5.92 Å². The molecule has 0 aliphatic heterocycles. The van der Waals surface area contributed by atoms with Crippen molar-refractivity contribution in [2.75, 3.05) is 0 Å². The summed E-state index contributed by atoms with van der Waals surface area (Å²) in [6.07, 6.45) is 2.54. The van der Waals surface area contributed by atoms with Crippen molar-refractivity contribution < 1.29 is 15.0 Å². The molecule has 0 radical (unpaired) electrons. The Morgan fingerprint density at radius 2 is 1.85 bits per heavy atom. The van der Waals surface area contributed by atoms with Gasteiger partial charge in [0, 0.05) is 0 Å². The average molecular weight is 276 g/mol. The van der Waals surface area contributed by atoms with E-state index < -0.39 is 5.97 Å². The smallest absolute Gasteiger partial charge is 0.335 e. The third-order valence-electron chi connectivity index (χ3n) is 3.69. The molecule has 1 aromatic carbocycles. The predicted octanol–water partition coefficient (Wildman–Crippen LogP) is 4.36. The number of hydrogen-bond donors (Lipinski definition) is 2. The largest absolute Gasteiger partial charge is 0.507 e. The number of benzene rings is 1. The summed E-state index contributed by atoms with van der Waals surface area (Å²) >= 11 is 0. The van der Waals surface area contributed by atoms with Gasteiger partial charge >= 0.3 is 5.97 Å². The van der Waals surface area contributed by atoms with E-state index in [0.717, 1.165) is 11.1 Å². The summed E-state index contributed by atoms with van der Waals surface area (Å²) in [6.45, 7) is 10.1. The minimum Gasteiger partial charge on any atom is -0.507 e. The summed E-state index contributed by atoms with van der Waals surface area (Å²) in [5, 5.41) is 19.6. The van der Waals surface area contributed by atoms with E-state index in [1.165, 1.54) is 0 Å². The van der Waals surface area contributed by atoms with Crippen LogP contribution < -0.4 is 0 Å². The minimum absolute atomic E-state index is 0.111. The molecule has 0 fully saturated rings. The van der Waals surface area contributed by atoms with Crippen LogP contribution in [0, 0.1) is 5.92 Å². The summed E-state index contributed by atoms with van der Waals surface area (Å²) in [4.78, 5) is 11.3. The second-order valence-corrected chi connectivity index (χ2v) is 5.90. The topological polar surface area (TPSA) is 57.5 Å². The molecule has 0 heterocycles. The molecule has 2 N–H and O–H groups in total. The van der Waals surface area contributed by atoms with Gasteiger partial charge in [-0.1, -0.05) is 32.4 Å². The van der Waals surface area contributed by atoms with E-state index in [1.54, 1.807) is 12.1 Å². The van der Waals surface area contributed by atoms with Crippen molar-refractivity contribution >= 4 is 5.97 Å². The van der Waals surface area contributed by atoms with E-state index in [4.69, 9.17) is 0 Å². The molecule has 1 aromatic rings. The van der Waals surface area contributed by atoms with Crippen LogP contribution in [0.3, 0.4) is 0 Å². The highest BCUT2D eigenvalue weighted by molar-refractivity contribution is 5.88. The molecular formula is C17H24O3. The summed E-state index contributed by atoms with van der Waals surface area (Å²) in [6, 6.07) is 3.15. The molecule has 0 aliphatic rings. The van der Waals surface area contributed by atoms with Gasteiger partial charge in [-0.05, 0) is 55.4 Å². The van der Waals surface area contributed by atoms with Crippen LogP contribution in [0.4, 0.5) is 0 Å². The van der Waals surface area contributed by atoms with Crippen LogP contribution in [0.25, 0.3) is 0 Å². The zero-order chi connectivity index (χ0) is 15.4. The molecule has 0 saturated heterocycles. The Morgan fingerprint density at radius 3 is 2.30 bits per heavy atom. The first kappa shape index (κ1) is 16.3. The Bertz CT molecular complexity index is 523. The third kappa shape index (κ3) is 3.86. The molecule has 1 atom stereocenters. The predicted molar refractivity (Wildman–Crippen MR) is 81.5 cm³/mol. The van der Waals surface area contributed by atoms with Crippen LogP contribution in [0.2, 0.25) is 0 Å². The average Bonchev–Trinajstić information content (AvgIpc) is 2.36. The Balaban J connectivity index is 3.36. The Labute approximate surface area is 121 Å². The number of carboxylic acids is 1. The zero-order valence-corrected chi connectivity index (χ0v) is 12.9. The SMILES string of the molecule is CC(C)=CCc1cc(C(=O)O)cc([C@@H](C)C(C)C)c1O. The molecule has 0 spiro atoms. The summed E-state index contributed by atoms with van der Waals surface area (Å²) in [7, 11) is 0. The van der Waals surface area contributed by atoms with E-state index in [1.807, 2.05) is 26.8 Å². The number of allylic oxidation sites excluding steroid dienone is 2. The van der Waals surface area contributed by atoms with Gasteiger partial charge in [-0.3, -0.25) is 0 Å². The molecule has 110 valence electrons. The fourth-order valence-corrected chi connectivity index (χ4v) is 2.02. The zero-order valence-electron chi connectivity index (χ0n) is 12.9. The number of phenols is 1. The number of carbonyl (C=O) groups is 1. The second kappa shape index (κ2) is 6.60. The summed E-state index contributed by atoms with van der Waals surface area (Å²) < 4.78 is 0. The van der Waals surface area contributed by atoms with Crippen LogP contribution >= 0.6 is 0 Å². The molecule has 3 heteroatoms. The van der Waals surface area contributed by atoms with Crippen LogP contribution in [0.5, 0.6) is 5.75 Å². The van der Waals surface area contributed by atoms with E-state index in [0.29, 0.717) is 17.9 Å². The molecule has 3 nitrogen and oxygen atoms in total. The molecule has 20 heavy (non-hydrogen) atoms. The Hall–Kier alpha value is -1.77. The van der Waals surface area contributed by atoms with Gasteiger partial charge in [-0.15, -0.1) is 0 Å². The normalized spacial score (nSPS) is 12.3. The number of aromatic carboxylic acids is 1. The molecule has 0 saturated carbocycles. The van der Waals surface area contributed by atoms with E-state index in [2.05, 4.69) is 13.8 Å². The molecule has 1 rings (SSSR count). The summed E-state index contributed by atoms with van der Waals surface area (Å²) in [5.41, 5.74) is 2.77. The van der Waals surface area contributed by atoms with Gasteiger partial charge in [0.15, 0.2) is 0 Å². The molecular weight excluding hydrogens is 252 g/mol. The van der Waals surface area contributed by atoms with E-state index in [9.17, 15) is 15.0 Å². The number of phenolic OH excluding ortho intramolecular Hbond substituents is 1. The highest BCUT2D eigenvalue weighted by atomic mass is 16.4. The minimum atomic E-state index is -0.958. The monoisotopic (exact) mass is 276 g/mol. The van der Waals surface area contributed by atoms with E-state index >= 15 is 0 Å². The van der Waals surface area contributed by atoms with Crippen molar-refractivity contribution in [3.05, 3.63) is 40.5 Å². The number of rotatable bonds is 5. The highest BCUT2D eigenvalue weighted by Gasteiger charge is 2.19. The molecule has 0 aliphatic carbocycles. The van der Waals surface area contributed by atoms with Crippen LogP contribution in [-0.2, 0) is 6.42 Å². The lowest BCUT2D eigenvalue weighted by Gasteiger charge is -2.20. The van der Waals surface area contributed by atoms with Crippen molar-refractivity contribution in [2.45, 2.75) is 47.0 Å². The highest BCUT2D eigenvalue weighted by Crippen LogP contribution is 2.35. The fourth-order valence-electron chi connectivity index (χ4n) is 2.02. The van der Waals surface area contributed by atoms with Crippen molar-refractivity contribution in [3.8, 4) is 5.75 Å². The Morgan fingerprint density at radius 1 is 1.25 bits per heavy atom. The first-order valence-electron chi connectivity index (χ1n) is 6.96. The van der Waals surface area contributed by atoms with Gasteiger partial charge in [0.05, 0.1) is 5.56 Å². The fraction of sp³-hybridized carbons (Fsp3) is 0.471. The first-order valence-corrected chi connectivity index (χ1v) is 6.96. The van der Waals surface area contributed by atoms with Gasteiger partial charge < -0.3 is 10.2 Å². The van der Waals surface area contributed by atoms with Crippen LogP contribution in [0.1, 0.15) is 62.0 Å². The quantitative estimate of drug-likeness (QED) is 0.786. The maximum Gasteiger partial charge on any atom is 0.335 e. The summed E-state index contributed by atoms with van der Waals surface area (Å²) in [5.74, 6) is -0.282. The lowest BCUT2D eigenvalue weighted by atomic mass is 9.86. The second-order valence-electron chi connectivity index (χ2n) is 5.90. The number of carboxylic acid groups (broad SMARTS) is 1. The molecule has 0 bridgehead atoms. The lowest BCUT2D eigenvalue weighted by Crippen LogP contribution is -2.07. The lowest BCUT2D eigenvalue weighted by molar-refractivity contribution is 0.0696. The van der Waals surface area contributed by atoms with E-state index in [-0.39, 0.29) is 17.2 Å². The molecule has 0 unspecified atom stereocenters. The first-order chi connectivity index (χ1) is 9.23. The van der Waals surface area contributed by atoms with Crippen LogP contribution in [0.15, 0.2) is 23.8 Å². The number of hydrogen-bond acceptors (Lipinski definition) is 2. The third-order valence-corrected chi connectivity index (χ3v) is 3.69. The van der Waals surface area contributed by atoms with Crippen molar-refractivity contribution in [1.29, 1.82) is 0 Å². The van der Waals surface area contributed by atoms with Gasteiger partial charge in [-0.25, -0.2) is 4.79 Å². The Kier molecular flexibility index (Phi) is 5.37. The van der Waals surface area contributed by atoms with Crippen LogP contribution in [-0.4, -0.2) is 16.2 Å². The maximum absolute atomic E-state index is 11.3. The van der Waals surface area contributed by atoms with Gasteiger partial charge in [0.2, 0.25) is 0 Å². The standard InChI is InChI=1S/C17H24O3/c1-10(2)6-7-13-8-14(17(19)20)9-15(16(13)18)12(5)11(3)4/h6,8-9,11-12,18H,7H2,1-5H3,(H,19,20)/t12-/m0/s1.